The Morgan fingerprint density at radius 2 is 1.29 bits per heavy atom. The monoisotopic (exact) mass is 707 g/mol. The number of imidazole rings is 1. The summed E-state index contributed by atoms with van der Waals surface area (Å²) in [6.45, 7) is 0. The molecule has 5 heteroatoms. The van der Waals surface area contributed by atoms with Crippen molar-refractivity contribution in [3.8, 4) is 22.5 Å². The number of allylic oxidation sites excluding steroid dienone is 9. The van der Waals surface area contributed by atoms with Crippen LogP contribution in [0.4, 0.5) is 0 Å². The average molecular weight is 708 g/mol. The Bertz CT molecular complexity index is 2900. The number of fused-ring (bicyclic) bond motifs is 7. The van der Waals surface area contributed by atoms with Crippen LogP contribution in [0.25, 0.3) is 72.5 Å². The zero-order chi connectivity index (χ0) is 36.3. The van der Waals surface area contributed by atoms with Crippen LogP contribution in [0, 0.1) is 5.92 Å². The van der Waals surface area contributed by atoms with E-state index in [0.29, 0.717) is 5.92 Å². The van der Waals surface area contributed by atoms with Crippen LogP contribution in [0.15, 0.2) is 163 Å². The summed E-state index contributed by atoms with van der Waals surface area (Å²) in [5.41, 5.74) is 13.2. The normalized spacial score (nSPS) is 17.9. The summed E-state index contributed by atoms with van der Waals surface area (Å²) in [5, 5.41) is 4.77. The molecular formula is C50H37N5. The first kappa shape index (κ1) is 31.8. The maximum absolute atomic E-state index is 5.30. The van der Waals surface area contributed by atoms with Crippen molar-refractivity contribution in [2.24, 2.45) is 5.92 Å². The van der Waals surface area contributed by atoms with E-state index in [1.165, 1.54) is 38.2 Å². The van der Waals surface area contributed by atoms with Crippen LogP contribution in [0.5, 0.6) is 0 Å². The fraction of sp³-hybridized carbons (Fsp3) is 0.120. The topological polar surface area (TPSA) is 56.0 Å². The van der Waals surface area contributed by atoms with Gasteiger partial charge in [0.05, 0.1) is 17.1 Å². The van der Waals surface area contributed by atoms with Crippen molar-refractivity contribution in [3.05, 3.63) is 186 Å². The summed E-state index contributed by atoms with van der Waals surface area (Å²) in [5.74, 6) is 1.26. The summed E-state index contributed by atoms with van der Waals surface area (Å²) in [7, 11) is 0. The molecule has 55 heavy (non-hydrogen) atoms. The molecule has 0 aliphatic heterocycles. The second-order valence-corrected chi connectivity index (χ2v) is 14.8. The van der Waals surface area contributed by atoms with Gasteiger partial charge in [0.1, 0.15) is 11.2 Å². The first-order valence-electron chi connectivity index (χ1n) is 19.3. The Labute approximate surface area is 319 Å². The van der Waals surface area contributed by atoms with Crippen LogP contribution in [0.2, 0.25) is 0 Å². The molecule has 2 atom stereocenters. The van der Waals surface area contributed by atoms with Crippen molar-refractivity contribution >= 4 is 50.0 Å². The number of hydrogen-bond donors (Lipinski definition) is 0. The van der Waals surface area contributed by atoms with E-state index in [-0.39, 0.29) is 5.92 Å². The molecule has 0 N–H and O–H groups in total. The van der Waals surface area contributed by atoms with Crippen molar-refractivity contribution < 1.29 is 0 Å². The fourth-order valence-electron chi connectivity index (χ4n) is 8.80. The number of nitrogens with zero attached hydrogens (tertiary/aromatic N) is 5. The number of hydrogen-bond acceptors (Lipinski definition) is 4. The molecule has 11 rings (SSSR count). The third-order valence-electron chi connectivity index (χ3n) is 11.6. The van der Waals surface area contributed by atoms with Gasteiger partial charge in [-0.25, -0.2) is 19.9 Å². The van der Waals surface area contributed by atoms with Gasteiger partial charge in [-0.1, -0.05) is 140 Å². The van der Waals surface area contributed by atoms with Crippen LogP contribution in [-0.2, 0) is 6.42 Å². The molecule has 0 saturated carbocycles. The molecule has 0 saturated heterocycles. The van der Waals surface area contributed by atoms with E-state index < -0.39 is 0 Å². The minimum Gasteiger partial charge on any atom is -0.284 e. The first-order chi connectivity index (χ1) is 27.2. The molecule has 0 fully saturated rings. The van der Waals surface area contributed by atoms with Gasteiger partial charge in [-0.2, -0.15) is 0 Å². The maximum Gasteiger partial charge on any atom is 0.165 e. The third kappa shape index (κ3) is 5.46. The Hall–Kier alpha value is -6.72. The average Bonchev–Trinajstić information content (AvgIpc) is 3.65. The second-order valence-electron chi connectivity index (χ2n) is 14.8. The highest BCUT2D eigenvalue weighted by Gasteiger charge is 2.25. The van der Waals surface area contributed by atoms with Gasteiger partial charge >= 0.3 is 0 Å². The van der Waals surface area contributed by atoms with Gasteiger partial charge in [0, 0.05) is 40.3 Å². The van der Waals surface area contributed by atoms with Crippen LogP contribution in [-0.4, -0.2) is 24.3 Å². The molecule has 4 heterocycles. The maximum atomic E-state index is 5.30. The third-order valence-corrected chi connectivity index (χ3v) is 11.6. The molecule has 8 aromatic rings. The van der Waals surface area contributed by atoms with E-state index in [1.807, 2.05) is 6.07 Å². The van der Waals surface area contributed by atoms with Crippen molar-refractivity contribution in [2.75, 3.05) is 0 Å². The first-order valence-corrected chi connectivity index (χ1v) is 19.3. The SMILES string of the molecule is C1=Cc2c(C3C=CC(C4C=CC(c5nc(-c6cccc7ccccc67)cc(-c6cccc7ccccc67)n5)=CC4)=CC3)nc3c(nc4ccccn43)c2CC1. The predicted octanol–water partition coefficient (Wildman–Crippen LogP) is 11.9. The van der Waals surface area contributed by atoms with Crippen molar-refractivity contribution in [3.63, 3.8) is 0 Å². The molecule has 4 aromatic carbocycles. The zero-order valence-corrected chi connectivity index (χ0v) is 30.3. The number of benzene rings is 4. The Kier molecular flexibility index (Phi) is 7.51. The minimum atomic E-state index is 0.218. The Balaban J connectivity index is 0.915. The van der Waals surface area contributed by atoms with Crippen molar-refractivity contribution in [1.82, 2.24) is 24.3 Å². The lowest BCUT2D eigenvalue weighted by molar-refractivity contribution is 0.741. The van der Waals surface area contributed by atoms with Gasteiger partial charge < -0.3 is 0 Å². The quantitative estimate of drug-likeness (QED) is 0.179. The van der Waals surface area contributed by atoms with E-state index in [1.54, 1.807) is 0 Å². The molecule has 5 nitrogen and oxygen atoms in total. The van der Waals surface area contributed by atoms with E-state index in [9.17, 15) is 0 Å². The Morgan fingerprint density at radius 3 is 2.00 bits per heavy atom. The molecule has 3 aliphatic carbocycles. The minimum absolute atomic E-state index is 0.218. The van der Waals surface area contributed by atoms with Crippen LogP contribution in [0.1, 0.15) is 47.8 Å². The number of aryl methyl sites for hydroxylation is 1. The summed E-state index contributed by atoms with van der Waals surface area (Å²) in [4.78, 5) is 20.8. The molecule has 0 amide bonds. The highest BCUT2D eigenvalue weighted by atomic mass is 15.1. The predicted molar refractivity (Wildman–Crippen MR) is 226 cm³/mol. The van der Waals surface area contributed by atoms with Gasteiger partial charge in [0.25, 0.3) is 0 Å². The summed E-state index contributed by atoms with van der Waals surface area (Å²) < 4.78 is 2.13. The molecule has 2 unspecified atom stereocenters. The van der Waals surface area contributed by atoms with Crippen molar-refractivity contribution in [1.29, 1.82) is 0 Å². The van der Waals surface area contributed by atoms with Gasteiger partial charge in [-0.3, -0.25) is 4.40 Å². The molecule has 262 valence electrons. The lowest BCUT2D eigenvalue weighted by atomic mass is 9.82. The molecule has 3 aliphatic rings. The summed E-state index contributed by atoms with van der Waals surface area (Å²) in [6.07, 6.45) is 24.5. The number of pyridine rings is 2. The van der Waals surface area contributed by atoms with Crippen molar-refractivity contribution in [2.45, 2.75) is 31.6 Å². The molecule has 0 spiro atoms. The van der Waals surface area contributed by atoms with Crippen LogP contribution >= 0.6 is 0 Å². The fourth-order valence-corrected chi connectivity index (χ4v) is 8.80. The largest absolute Gasteiger partial charge is 0.284 e. The smallest absolute Gasteiger partial charge is 0.165 e. The van der Waals surface area contributed by atoms with Gasteiger partial charge in [-0.05, 0) is 76.6 Å². The summed E-state index contributed by atoms with van der Waals surface area (Å²) in [6, 6.07) is 38.3. The van der Waals surface area contributed by atoms with Gasteiger partial charge in [-0.15, -0.1) is 0 Å². The van der Waals surface area contributed by atoms with E-state index >= 15 is 0 Å². The molecule has 4 aromatic heterocycles. The Morgan fingerprint density at radius 1 is 0.600 bits per heavy atom. The molecular weight excluding hydrogens is 671 g/mol. The summed E-state index contributed by atoms with van der Waals surface area (Å²) >= 11 is 0. The van der Waals surface area contributed by atoms with Crippen LogP contribution in [0.3, 0.4) is 0 Å². The number of aromatic nitrogens is 5. The highest BCUT2D eigenvalue weighted by molar-refractivity contribution is 5.99. The molecule has 0 radical (unpaired) electrons. The highest BCUT2D eigenvalue weighted by Crippen LogP contribution is 2.39. The lowest BCUT2D eigenvalue weighted by Crippen LogP contribution is -2.11. The second kappa shape index (κ2) is 13.0. The standard InChI is InChI=1S/C50H37N5/c1-3-15-38-34(11-1)13-9-19-40(38)44-31-45(41-20-10-14-35-12-2-4-16-39(35)41)52-49(51-44)37-28-24-33(25-29-37)32-22-26-36(27-23-32)47-42-17-5-6-18-43(42)48-50(54-47)55-30-8-7-21-46(55)53-48/h1-5,7-17,19-24,26,28-31,33,36H,6,18,25,27H2. The van der Waals surface area contributed by atoms with Crippen LogP contribution < -0.4 is 0 Å². The van der Waals surface area contributed by atoms with Gasteiger partial charge in [0.15, 0.2) is 11.5 Å². The van der Waals surface area contributed by atoms with E-state index in [2.05, 4.69) is 162 Å². The zero-order valence-electron chi connectivity index (χ0n) is 30.3. The van der Waals surface area contributed by atoms with E-state index in [0.717, 1.165) is 82.1 Å². The van der Waals surface area contributed by atoms with E-state index in [4.69, 9.17) is 19.9 Å². The van der Waals surface area contributed by atoms with Gasteiger partial charge in [0.2, 0.25) is 0 Å². The molecule has 0 bridgehead atoms. The number of rotatable bonds is 5. The lowest BCUT2D eigenvalue weighted by Gasteiger charge is -2.24.